The van der Waals surface area contributed by atoms with E-state index in [1.807, 2.05) is 12.1 Å². The Bertz CT molecular complexity index is 986. The fourth-order valence-electron chi connectivity index (χ4n) is 3.05. The van der Waals surface area contributed by atoms with Crippen molar-refractivity contribution in [1.29, 1.82) is 0 Å². The van der Waals surface area contributed by atoms with E-state index in [2.05, 4.69) is 20.6 Å². The van der Waals surface area contributed by atoms with E-state index in [0.29, 0.717) is 11.3 Å². The van der Waals surface area contributed by atoms with Crippen LogP contribution < -0.4 is 10.6 Å². The Kier molecular flexibility index (Phi) is 4.37. The van der Waals surface area contributed by atoms with Gasteiger partial charge in [-0.25, -0.2) is 14.4 Å². The maximum absolute atomic E-state index is 13.4. The van der Waals surface area contributed by atoms with Gasteiger partial charge in [-0.2, -0.15) is 0 Å². The molecule has 0 saturated carbocycles. The highest BCUT2D eigenvalue weighted by molar-refractivity contribution is 6.01. The lowest BCUT2D eigenvalue weighted by Crippen LogP contribution is -2.34. The number of fused-ring (bicyclic) bond motifs is 1. The van der Waals surface area contributed by atoms with Gasteiger partial charge in [0.1, 0.15) is 18.0 Å². The van der Waals surface area contributed by atoms with Gasteiger partial charge in [0, 0.05) is 37.2 Å². The Morgan fingerprint density at radius 3 is 2.96 bits per heavy atom. The van der Waals surface area contributed by atoms with Crippen molar-refractivity contribution in [2.45, 2.75) is 18.9 Å². The minimum atomic E-state index is -0.646. The van der Waals surface area contributed by atoms with E-state index in [-0.39, 0.29) is 24.8 Å². The largest absolute Gasteiger partial charge is 0.351 e. The first-order valence-electron chi connectivity index (χ1n) is 8.40. The Labute approximate surface area is 154 Å². The molecule has 0 aliphatic carbocycles. The zero-order valence-corrected chi connectivity index (χ0v) is 14.2. The fraction of sp³-hybridized carbons (Fsp3) is 0.158. The van der Waals surface area contributed by atoms with Crippen LogP contribution in [0.2, 0.25) is 0 Å². The quantitative estimate of drug-likeness (QED) is 0.741. The SMILES string of the molecule is O=C1CC(C(=O)NCc2ccc(-n3ccnc3)nc2)c2ccc(F)cc2N1. The molecule has 8 heteroatoms. The molecule has 0 saturated heterocycles. The Morgan fingerprint density at radius 2 is 2.22 bits per heavy atom. The molecule has 2 N–H and O–H groups in total. The van der Waals surface area contributed by atoms with Gasteiger partial charge in [0.15, 0.2) is 0 Å². The van der Waals surface area contributed by atoms with Gasteiger partial charge >= 0.3 is 0 Å². The second-order valence-corrected chi connectivity index (χ2v) is 6.25. The number of imidazole rings is 1. The minimum absolute atomic E-state index is 0.0300. The number of halogens is 1. The summed E-state index contributed by atoms with van der Waals surface area (Å²) in [5, 5.41) is 5.43. The van der Waals surface area contributed by atoms with Gasteiger partial charge in [0.25, 0.3) is 0 Å². The van der Waals surface area contributed by atoms with Crippen LogP contribution in [-0.4, -0.2) is 26.3 Å². The third-order valence-corrected chi connectivity index (χ3v) is 4.42. The molecule has 27 heavy (non-hydrogen) atoms. The molecule has 0 spiro atoms. The average molecular weight is 365 g/mol. The summed E-state index contributed by atoms with van der Waals surface area (Å²) in [5.74, 6) is -0.967. The van der Waals surface area contributed by atoms with Crippen molar-refractivity contribution in [1.82, 2.24) is 19.9 Å². The first kappa shape index (κ1) is 16.9. The Hall–Kier alpha value is -3.55. The number of pyridine rings is 1. The number of anilines is 1. The van der Waals surface area contributed by atoms with Crippen LogP contribution in [0.15, 0.2) is 55.2 Å². The number of hydrogen-bond donors (Lipinski definition) is 2. The van der Waals surface area contributed by atoms with E-state index in [0.717, 1.165) is 11.4 Å². The number of carbonyl (C=O) groups is 2. The third kappa shape index (κ3) is 3.55. The molecule has 0 radical (unpaired) electrons. The normalized spacial score (nSPS) is 15.7. The van der Waals surface area contributed by atoms with E-state index in [4.69, 9.17) is 0 Å². The molecule has 1 aromatic carbocycles. The van der Waals surface area contributed by atoms with E-state index in [1.54, 1.807) is 29.5 Å². The smallest absolute Gasteiger partial charge is 0.228 e. The van der Waals surface area contributed by atoms with Crippen LogP contribution in [-0.2, 0) is 16.1 Å². The molecule has 4 rings (SSSR count). The molecular weight excluding hydrogens is 349 g/mol. The number of rotatable bonds is 4. The highest BCUT2D eigenvalue weighted by atomic mass is 19.1. The van der Waals surface area contributed by atoms with Gasteiger partial charge in [-0.1, -0.05) is 12.1 Å². The van der Waals surface area contributed by atoms with Gasteiger partial charge in [-0.15, -0.1) is 0 Å². The molecule has 3 aromatic rings. The third-order valence-electron chi connectivity index (χ3n) is 4.42. The highest BCUT2D eigenvalue weighted by Crippen LogP contribution is 2.32. The van der Waals surface area contributed by atoms with Crippen LogP contribution in [0.5, 0.6) is 0 Å². The van der Waals surface area contributed by atoms with Crippen molar-refractivity contribution in [2.24, 2.45) is 0 Å². The van der Waals surface area contributed by atoms with Crippen LogP contribution in [0.25, 0.3) is 5.82 Å². The molecule has 7 nitrogen and oxygen atoms in total. The van der Waals surface area contributed by atoms with E-state index >= 15 is 0 Å². The van der Waals surface area contributed by atoms with Crippen molar-refractivity contribution in [3.63, 3.8) is 0 Å². The molecular formula is C19H16FN5O2. The van der Waals surface area contributed by atoms with Crippen LogP contribution in [0.1, 0.15) is 23.5 Å². The van der Waals surface area contributed by atoms with Crippen molar-refractivity contribution in [3.8, 4) is 5.82 Å². The predicted octanol–water partition coefficient (Wildman–Crippen LogP) is 2.15. The highest BCUT2D eigenvalue weighted by Gasteiger charge is 2.30. The van der Waals surface area contributed by atoms with Gasteiger partial charge in [-0.3, -0.25) is 14.2 Å². The van der Waals surface area contributed by atoms with Gasteiger partial charge in [-0.05, 0) is 29.3 Å². The standard InChI is InChI=1S/C19H16FN5O2/c20-13-2-3-14-15(8-18(26)24-16(14)7-13)19(27)23-10-12-1-4-17(22-9-12)25-6-5-21-11-25/h1-7,9,11,15H,8,10H2,(H,23,27)(H,24,26). The van der Waals surface area contributed by atoms with Crippen LogP contribution in [0.4, 0.5) is 10.1 Å². The molecule has 136 valence electrons. The van der Waals surface area contributed by atoms with Crippen LogP contribution >= 0.6 is 0 Å². The van der Waals surface area contributed by atoms with Gasteiger partial charge < -0.3 is 10.6 Å². The number of carbonyl (C=O) groups excluding carboxylic acids is 2. The molecule has 2 amide bonds. The molecule has 0 fully saturated rings. The van der Waals surface area contributed by atoms with Crippen LogP contribution in [0, 0.1) is 5.82 Å². The van der Waals surface area contributed by atoms with E-state index in [9.17, 15) is 14.0 Å². The average Bonchev–Trinajstić information content (AvgIpc) is 3.20. The molecule has 3 heterocycles. The second kappa shape index (κ2) is 6.99. The van der Waals surface area contributed by atoms with Gasteiger partial charge in [0.2, 0.25) is 11.8 Å². The maximum atomic E-state index is 13.4. The number of hydrogen-bond acceptors (Lipinski definition) is 4. The Morgan fingerprint density at radius 1 is 1.33 bits per heavy atom. The number of benzene rings is 1. The lowest BCUT2D eigenvalue weighted by atomic mass is 9.89. The molecule has 1 aliphatic rings. The van der Waals surface area contributed by atoms with E-state index < -0.39 is 11.7 Å². The second-order valence-electron chi connectivity index (χ2n) is 6.25. The van der Waals surface area contributed by atoms with Crippen molar-refractivity contribution in [2.75, 3.05) is 5.32 Å². The summed E-state index contributed by atoms with van der Waals surface area (Å²) < 4.78 is 15.2. The first-order chi connectivity index (χ1) is 13.1. The molecule has 2 aromatic heterocycles. The predicted molar refractivity (Wildman–Crippen MR) is 95.6 cm³/mol. The van der Waals surface area contributed by atoms with Crippen LogP contribution in [0.3, 0.4) is 0 Å². The minimum Gasteiger partial charge on any atom is -0.351 e. The summed E-state index contributed by atoms with van der Waals surface area (Å²) in [4.78, 5) is 32.8. The van der Waals surface area contributed by atoms with Crippen molar-refractivity contribution < 1.29 is 14.0 Å². The zero-order chi connectivity index (χ0) is 18.8. The number of aromatic nitrogens is 3. The summed E-state index contributed by atoms with van der Waals surface area (Å²) >= 11 is 0. The van der Waals surface area contributed by atoms with Crippen molar-refractivity contribution in [3.05, 3.63) is 72.2 Å². The van der Waals surface area contributed by atoms with E-state index in [1.165, 1.54) is 18.2 Å². The summed E-state index contributed by atoms with van der Waals surface area (Å²) in [6, 6.07) is 7.74. The summed E-state index contributed by atoms with van der Waals surface area (Å²) in [7, 11) is 0. The monoisotopic (exact) mass is 365 g/mol. The molecule has 0 bridgehead atoms. The summed E-state index contributed by atoms with van der Waals surface area (Å²) in [5.41, 5.74) is 1.78. The van der Waals surface area contributed by atoms with Gasteiger partial charge in [0.05, 0.1) is 5.92 Å². The lowest BCUT2D eigenvalue weighted by molar-refractivity contribution is -0.126. The summed E-state index contributed by atoms with van der Waals surface area (Å²) in [6.07, 6.45) is 6.81. The topological polar surface area (TPSA) is 88.9 Å². The first-order valence-corrected chi connectivity index (χ1v) is 8.40. The number of nitrogens with one attached hydrogen (secondary N) is 2. The number of nitrogens with zero attached hydrogens (tertiary/aromatic N) is 3. The Balaban J connectivity index is 1.45. The molecule has 1 aliphatic heterocycles. The number of amides is 2. The zero-order valence-electron chi connectivity index (χ0n) is 14.2. The fourth-order valence-corrected chi connectivity index (χ4v) is 3.05. The van der Waals surface area contributed by atoms with Crippen molar-refractivity contribution >= 4 is 17.5 Å². The maximum Gasteiger partial charge on any atom is 0.228 e. The molecule has 1 atom stereocenters. The summed E-state index contributed by atoms with van der Waals surface area (Å²) in [6.45, 7) is 0.282. The molecule has 1 unspecified atom stereocenters. The lowest BCUT2D eigenvalue weighted by Gasteiger charge is -2.24.